The summed E-state index contributed by atoms with van der Waals surface area (Å²) in [5, 5.41) is 4.19. The minimum Gasteiger partial charge on any atom is -0.299 e. The lowest BCUT2D eigenvalue weighted by atomic mass is 10.4. The van der Waals surface area contributed by atoms with Crippen LogP contribution in [0.2, 0.25) is 0 Å². The molecule has 0 amide bonds. The van der Waals surface area contributed by atoms with E-state index in [9.17, 15) is 25.2 Å². The highest BCUT2D eigenvalue weighted by Gasteiger charge is 2.15. The zero-order valence-corrected chi connectivity index (χ0v) is 29.6. The molecule has 0 heterocycles. The number of benzene rings is 3. The van der Waals surface area contributed by atoms with Crippen molar-refractivity contribution < 1.29 is 111 Å². The molecule has 0 aliphatic heterocycles. The van der Waals surface area contributed by atoms with Gasteiger partial charge in [-0.25, -0.2) is 27.4 Å². The molecule has 3 aromatic carbocycles. The van der Waals surface area contributed by atoms with Crippen molar-refractivity contribution in [3.05, 3.63) is 91.0 Å². The summed E-state index contributed by atoms with van der Waals surface area (Å²) in [6.07, 6.45) is 0. The van der Waals surface area contributed by atoms with E-state index in [2.05, 4.69) is 91.0 Å². The van der Waals surface area contributed by atoms with Crippen molar-refractivity contribution in [2.24, 2.45) is 0 Å². The van der Waals surface area contributed by atoms with Crippen molar-refractivity contribution in [2.45, 2.75) is 0 Å². The normalized spacial score (nSPS) is 11.3. The molecule has 0 fully saturated rings. The van der Waals surface area contributed by atoms with Crippen molar-refractivity contribution in [2.75, 3.05) is 0 Å². The Morgan fingerprint density at radius 3 is 0.510 bits per heavy atom. The van der Waals surface area contributed by atoms with Gasteiger partial charge in [0.1, 0.15) is 0 Å². The fourth-order valence-electron chi connectivity index (χ4n) is 2.18. The summed E-state index contributed by atoms with van der Waals surface area (Å²) in [5.74, 6) is 0. The van der Waals surface area contributed by atoms with E-state index in [1.807, 2.05) is 0 Å². The molecule has 49 heavy (non-hydrogen) atoms. The van der Waals surface area contributed by atoms with Crippen LogP contribution in [0.1, 0.15) is 0 Å². The van der Waals surface area contributed by atoms with Gasteiger partial charge < -0.3 is 0 Å². The molecule has 0 spiro atoms. The van der Waals surface area contributed by atoms with Crippen molar-refractivity contribution >= 4 is 71.3 Å². The second kappa shape index (κ2) is 25.5. The van der Waals surface area contributed by atoms with Gasteiger partial charge >= 0.3 is 47.4 Å². The van der Waals surface area contributed by atoms with Crippen LogP contribution in [0.3, 0.4) is 0 Å². The van der Waals surface area contributed by atoms with Crippen LogP contribution >= 0.6 is 55.4 Å². The van der Waals surface area contributed by atoms with Crippen LogP contribution in [0.25, 0.3) is 0 Å². The molecule has 3 rings (SSSR count). The summed E-state index contributed by atoms with van der Waals surface area (Å²) in [4.78, 5) is 83.6. The number of halogens is 6. The Balaban J connectivity index is -0.000000280. The van der Waals surface area contributed by atoms with Gasteiger partial charge in [-0.2, -0.15) is 0 Å². The molecule has 0 aliphatic rings. The molecule has 18 nitrogen and oxygen atoms in total. The Hall–Kier alpha value is -1.43. The third-order valence-electron chi connectivity index (χ3n) is 3.04. The SMILES string of the molecule is O=P(O)(O)F.O=P(O)(O)F.O=P(O)(O)F.O=P(O)(O)F.O=P(O)(O)F.O=P(O)(O)F.c1ccc(P(c2ccccc2)c2ccccc2)cc1. The Labute approximate surface area is 273 Å². The summed E-state index contributed by atoms with van der Waals surface area (Å²) in [6.45, 7) is 0. The topological polar surface area (TPSA) is 345 Å². The van der Waals surface area contributed by atoms with Crippen molar-refractivity contribution in [3.8, 4) is 0 Å². The van der Waals surface area contributed by atoms with E-state index in [0.717, 1.165) is 0 Å². The first-order chi connectivity index (χ1) is 21.4. The van der Waals surface area contributed by atoms with Gasteiger partial charge in [0.2, 0.25) is 0 Å². The largest absolute Gasteiger partial charge is 0.507 e. The van der Waals surface area contributed by atoms with Crippen LogP contribution < -0.4 is 15.9 Å². The molecule has 284 valence electrons. The van der Waals surface area contributed by atoms with Gasteiger partial charge in [0.25, 0.3) is 0 Å². The third kappa shape index (κ3) is 77.4. The molecule has 0 unspecified atom stereocenters. The van der Waals surface area contributed by atoms with Crippen LogP contribution in [0.15, 0.2) is 91.0 Å². The molecule has 0 saturated carbocycles. The third-order valence-corrected chi connectivity index (χ3v) is 5.49. The fraction of sp³-hybridized carbons (Fsp3) is 0. The Bertz CT molecular complexity index is 1280. The lowest BCUT2D eigenvalue weighted by molar-refractivity contribution is 0.320. The summed E-state index contributed by atoms with van der Waals surface area (Å²) in [5.41, 5.74) is 0. The molecule has 3 aromatic rings. The highest BCUT2D eigenvalue weighted by molar-refractivity contribution is 7.79. The first-order valence-corrected chi connectivity index (χ1v) is 21.3. The minimum absolute atomic E-state index is 0.446. The van der Waals surface area contributed by atoms with Gasteiger partial charge in [-0.1, -0.05) is 91.0 Å². The Morgan fingerprint density at radius 1 is 0.306 bits per heavy atom. The van der Waals surface area contributed by atoms with E-state index in [0.29, 0.717) is 0 Å². The monoisotopic (exact) mass is 862 g/mol. The van der Waals surface area contributed by atoms with Gasteiger partial charge in [0.15, 0.2) is 0 Å². The minimum atomic E-state index is -5.14. The first-order valence-electron chi connectivity index (χ1n) is 10.9. The first kappa shape index (κ1) is 54.3. The van der Waals surface area contributed by atoms with Gasteiger partial charge in [-0.05, 0) is 23.8 Å². The smallest absolute Gasteiger partial charge is 0.299 e. The number of hydrogen-bond donors (Lipinski definition) is 12. The van der Waals surface area contributed by atoms with E-state index in [4.69, 9.17) is 86.1 Å². The molecule has 0 saturated heterocycles. The zero-order chi connectivity index (χ0) is 39.9. The van der Waals surface area contributed by atoms with Gasteiger partial charge in [0, 0.05) is 0 Å². The predicted molar refractivity (Wildman–Crippen MR) is 164 cm³/mol. The second-order valence-electron chi connectivity index (χ2n) is 7.18. The highest BCUT2D eigenvalue weighted by Crippen LogP contribution is 2.37. The quantitative estimate of drug-likeness (QED) is 0.132. The lowest BCUT2D eigenvalue weighted by Crippen LogP contribution is -2.20. The lowest BCUT2D eigenvalue weighted by Gasteiger charge is -2.18. The van der Waals surface area contributed by atoms with Crippen LogP contribution in [0.5, 0.6) is 0 Å². The van der Waals surface area contributed by atoms with Crippen LogP contribution in [-0.2, 0) is 27.4 Å². The van der Waals surface area contributed by atoms with E-state index in [1.54, 1.807) is 0 Å². The summed E-state index contributed by atoms with van der Waals surface area (Å²) >= 11 is 0. The molecule has 0 atom stereocenters. The van der Waals surface area contributed by atoms with Crippen LogP contribution in [0, 0.1) is 0 Å². The molecule has 0 aromatic heterocycles. The average Bonchev–Trinajstić information content (AvgIpc) is 2.80. The fourth-order valence-corrected chi connectivity index (χ4v) is 4.48. The molecule has 0 radical (unpaired) electrons. The summed E-state index contributed by atoms with van der Waals surface area (Å²) in [7, 11) is -31.3. The Morgan fingerprint density at radius 2 is 0.408 bits per heavy atom. The standard InChI is InChI=1S/C18H15P.6FH2O3P/c1-4-10-16(11-5-1)19(17-12-6-2-7-13-17)18-14-8-3-9-15-18;6*1-5(2,3)4/h1-15H;6*(H2,2,3,4). The molecular formula is C18H27F6O18P7. The summed E-state index contributed by atoms with van der Waals surface area (Å²) in [6, 6.07) is 32.3. The predicted octanol–water partition coefficient (Wildman–Crippen LogP) is 3.74. The van der Waals surface area contributed by atoms with Crippen LogP contribution in [-0.4, -0.2) is 58.7 Å². The van der Waals surface area contributed by atoms with E-state index in [1.165, 1.54) is 15.9 Å². The molecule has 12 N–H and O–H groups in total. The van der Waals surface area contributed by atoms with Crippen molar-refractivity contribution in [3.63, 3.8) is 0 Å². The maximum atomic E-state index is 10.4. The summed E-state index contributed by atoms with van der Waals surface area (Å²) < 4.78 is 114. The Kier molecular flexibility index (Phi) is 28.3. The highest BCUT2D eigenvalue weighted by atomic mass is 31.2. The molecule has 0 aliphatic carbocycles. The van der Waals surface area contributed by atoms with Gasteiger partial charge in [-0.15, -0.1) is 25.2 Å². The van der Waals surface area contributed by atoms with Gasteiger partial charge in [-0.3, -0.25) is 58.7 Å². The number of rotatable bonds is 3. The molecule has 31 heteroatoms. The van der Waals surface area contributed by atoms with Gasteiger partial charge in [0.05, 0.1) is 0 Å². The van der Waals surface area contributed by atoms with Crippen molar-refractivity contribution in [1.29, 1.82) is 0 Å². The van der Waals surface area contributed by atoms with Crippen LogP contribution in [0.4, 0.5) is 25.2 Å². The van der Waals surface area contributed by atoms with E-state index in [-0.39, 0.29) is 0 Å². The van der Waals surface area contributed by atoms with Crippen molar-refractivity contribution in [1.82, 2.24) is 0 Å². The molecular weight excluding hydrogens is 835 g/mol. The average molecular weight is 862 g/mol. The molecule has 0 bridgehead atoms. The van der Waals surface area contributed by atoms with E-state index >= 15 is 0 Å². The zero-order valence-electron chi connectivity index (χ0n) is 23.4. The van der Waals surface area contributed by atoms with E-state index < -0.39 is 55.4 Å². The maximum Gasteiger partial charge on any atom is 0.507 e. The number of hydrogen-bond acceptors (Lipinski definition) is 6. The second-order valence-corrected chi connectivity index (χ2v) is 15.1. The maximum absolute atomic E-state index is 10.4.